The zero-order valence-corrected chi connectivity index (χ0v) is 5.79. The molecule has 2 N–H and O–H groups in total. The molecule has 53 valence electrons. The minimum atomic E-state index is -0.586. The lowest BCUT2D eigenvalue weighted by Gasteiger charge is -2.06. The lowest BCUT2D eigenvalue weighted by molar-refractivity contribution is 0.246. The van der Waals surface area contributed by atoms with Crippen molar-refractivity contribution in [2.75, 3.05) is 27.2 Å². The number of likely N-dealkylation sites (N-methyl/N-ethyl adjacent to an activating group) is 1. The van der Waals surface area contributed by atoms with Gasteiger partial charge in [-0.25, -0.2) is 10.1 Å². The maximum Gasteiger partial charge on any atom is 0.333 e. The number of nitrogens with zero attached hydrogens (tertiary/aromatic N) is 2. The summed E-state index contributed by atoms with van der Waals surface area (Å²) in [7, 11) is 3.83. The summed E-state index contributed by atoms with van der Waals surface area (Å²) < 4.78 is 0. The van der Waals surface area contributed by atoms with E-state index in [1.54, 1.807) is 0 Å². The van der Waals surface area contributed by atoms with Crippen LogP contribution in [0.15, 0.2) is 0 Å². The van der Waals surface area contributed by atoms with Crippen LogP contribution in [0.3, 0.4) is 0 Å². The quantitative estimate of drug-likeness (QED) is 0.545. The molecule has 0 spiro atoms. The van der Waals surface area contributed by atoms with Crippen LogP contribution in [-0.2, 0) is 0 Å². The fraction of sp³-hybridized carbons (Fsp3) is 0.800. The van der Waals surface area contributed by atoms with E-state index in [0.29, 0.717) is 6.54 Å². The van der Waals surface area contributed by atoms with Gasteiger partial charge < -0.3 is 10.6 Å². The number of carbonyl (C=O) groups is 1. The van der Waals surface area contributed by atoms with Gasteiger partial charge in [-0.05, 0) is 14.1 Å². The molecular weight excluding hydrogens is 118 g/mol. The maximum atomic E-state index is 10.0. The van der Waals surface area contributed by atoms with E-state index in [9.17, 15) is 4.79 Å². The lowest BCUT2D eigenvalue weighted by atomic mass is 10.6. The zero-order chi connectivity index (χ0) is 7.28. The van der Waals surface area contributed by atoms with Gasteiger partial charge in [0.25, 0.3) is 0 Å². The molecule has 0 unspecified atom stereocenters. The summed E-state index contributed by atoms with van der Waals surface area (Å²) in [6.45, 7) is 1.26. The third-order valence-corrected chi connectivity index (χ3v) is 0.815. The maximum absolute atomic E-state index is 10.0. The molecule has 0 aromatic carbocycles. The van der Waals surface area contributed by atoms with Crippen molar-refractivity contribution in [2.45, 2.75) is 0 Å². The first kappa shape index (κ1) is 8.23. The van der Waals surface area contributed by atoms with Gasteiger partial charge in [-0.2, -0.15) is 0 Å². The molecule has 4 nitrogen and oxygen atoms in total. The second-order valence-electron chi connectivity index (χ2n) is 2.02. The first-order chi connectivity index (χ1) is 4.13. The molecule has 4 heteroatoms. The molecule has 0 saturated heterocycles. The summed E-state index contributed by atoms with van der Waals surface area (Å²) in [5, 5.41) is 3.46. The highest BCUT2D eigenvalue weighted by atomic mass is 16.2. The Kier molecular flexibility index (Phi) is 3.79. The highest BCUT2D eigenvalue weighted by Crippen LogP contribution is 1.70. The first-order valence-corrected chi connectivity index (χ1v) is 2.74. The monoisotopic (exact) mass is 130 g/mol. The number of hydrogen-bond donors (Lipinski definition) is 1. The highest BCUT2D eigenvalue weighted by Gasteiger charge is 1.93. The van der Waals surface area contributed by atoms with Crippen molar-refractivity contribution < 1.29 is 4.79 Å². The molecular formula is C5H12N3O. The number of rotatable bonds is 3. The minimum Gasteiger partial charge on any atom is -0.350 e. The van der Waals surface area contributed by atoms with Gasteiger partial charge in [0, 0.05) is 6.54 Å². The third kappa shape index (κ3) is 7.23. The van der Waals surface area contributed by atoms with Crippen LogP contribution < -0.4 is 11.1 Å². The predicted octanol–water partition coefficient (Wildman–Crippen LogP) is -0.769. The first-order valence-electron chi connectivity index (χ1n) is 2.74. The van der Waals surface area contributed by atoms with Crippen LogP contribution in [0.25, 0.3) is 0 Å². The number of primary amides is 1. The molecule has 0 aliphatic rings. The van der Waals surface area contributed by atoms with E-state index < -0.39 is 6.03 Å². The molecule has 0 heterocycles. The van der Waals surface area contributed by atoms with Gasteiger partial charge in [0.15, 0.2) is 0 Å². The Hall–Kier alpha value is -0.770. The van der Waals surface area contributed by atoms with Crippen molar-refractivity contribution in [3.05, 3.63) is 0 Å². The van der Waals surface area contributed by atoms with Gasteiger partial charge in [-0.1, -0.05) is 0 Å². The number of amides is 2. The van der Waals surface area contributed by atoms with Crippen molar-refractivity contribution >= 4 is 6.03 Å². The topological polar surface area (TPSA) is 60.4 Å². The molecule has 0 atom stereocenters. The van der Waals surface area contributed by atoms with E-state index >= 15 is 0 Å². The molecule has 0 bridgehead atoms. The van der Waals surface area contributed by atoms with Gasteiger partial charge in [0.05, 0.1) is 6.54 Å². The Bertz CT molecular complexity index is 92.2. The van der Waals surface area contributed by atoms with Gasteiger partial charge in [0.1, 0.15) is 0 Å². The zero-order valence-electron chi connectivity index (χ0n) is 5.79. The Morgan fingerprint density at radius 3 is 2.56 bits per heavy atom. The van der Waals surface area contributed by atoms with Gasteiger partial charge in [-0.3, -0.25) is 0 Å². The SMILES string of the molecule is CN(C)CC[N]C(N)=O. The summed E-state index contributed by atoms with van der Waals surface area (Å²) >= 11 is 0. The normalized spacial score (nSPS) is 9.67. The van der Waals surface area contributed by atoms with E-state index in [0.717, 1.165) is 6.54 Å². The van der Waals surface area contributed by atoms with E-state index in [1.807, 2.05) is 19.0 Å². The van der Waals surface area contributed by atoms with Crippen molar-refractivity contribution in [1.82, 2.24) is 10.2 Å². The van der Waals surface area contributed by atoms with Crippen LogP contribution in [-0.4, -0.2) is 38.1 Å². The van der Waals surface area contributed by atoms with Crippen molar-refractivity contribution in [1.29, 1.82) is 0 Å². The van der Waals surface area contributed by atoms with Crippen LogP contribution in [0.5, 0.6) is 0 Å². The van der Waals surface area contributed by atoms with Gasteiger partial charge in [-0.15, -0.1) is 0 Å². The summed E-state index contributed by atoms with van der Waals surface area (Å²) in [5.41, 5.74) is 4.75. The second kappa shape index (κ2) is 4.14. The van der Waals surface area contributed by atoms with Crippen LogP contribution in [0.2, 0.25) is 0 Å². The van der Waals surface area contributed by atoms with Crippen LogP contribution in [0.4, 0.5) is 4.79 Å². The molecule has 0 aromatic heterocycles. The van der Waals surface area contributed by atoms with Gasteiger partial charge >= 0.3 is 6.03 Å². The number of hydrogen-bond acceptors (Lipinski definition) is 2. The Balaban J connectivity index is 3.01. The average molecular weight is 130 g/mol. The van der Waals surface area contributed by atoms with E-state index in [1.165, 1.54) is 0 Å². The molecule has 0 aliphatic carbocycles. The summed E-state index contributed by atoms with van der Waals surface area (Å²) in [6, 6.07) is -0.586. The standard InChI is InChI=1S/C5H12N3O/c1-8(2)4-3-7-5(6)9/h3-4H2,1-2H3,(H2,6,9). The molecule has 0 saturated carbocycles. The lowest BCUT2D eigenvalue weighted by Crippen LogP contribution is -2.29. The van der Waals surface area contributed by atoms with E-state index in [-0.39, 0.29) is 0 Å². The van der Waals surface area contributed by atoms with Crippen molar-refractivity contribution in [3.8, 4) is 0 Å². The fourth-order valence-electron chi connectivity index (χ4n) is 0.360. The molecule has 9 heavy (non-hydrogen) atoms. The van der Waals surface area contributed by atoms with Crippen LogP contribution >= 0.6 is 0 Å². The molecule has 0 fully saturated rings. The summed E-state index contributed by atoms with van der Waals surface area (Å²) in [4.78, 5) is 12.0. The van der Waals surface area contributed by atoms with Crippen LogP contribution in [0.1, 0.15) is 0 Å². The molecule has 1 radical (unpaired) electrons. The average Bonchev–Trinajstić information content (AvgIpc) is 1.63. The molecule has 0 aliphatic heterocycles. The van der Waals surface area contributed by atoms with Crippen LogP contribution in [0, 0.1) is 0 Å². The number of carbonyl (C=O) groups excluding carboxylic acids is 1. The third-order valence-electron chi connectivity index (χ3n) is 0.815. The number of nitrogens with two attached hydrogens (primary N) is 1. The van der Waals surface area contributed by atoms with Crippen molar-refractivity contribution in [2.24, 2.45) is 5.73 Å². The molecule has 0 rings (SSSR count). The Morgan fingerprint density at radius 2 is 2.22 bits per heavy atom. The Labute approximate surface area is 55.0 Å². The fourth-order valence-corrected chi connectivity index (χ4v) is 0.360. The Morgan fingerprint density at radius 1 is 1.67 bits per heavy atom. The van der Waals surface area contributed by atoms with Crippen molar-refractivity contribution in [3.63, 3.8) is 0 Å². The summed E-state index contributed by atoms with van der Waals surface area (Å²) in [6.07, 6.45) is 0. The van der Waals surface area contributed by atoms with Gasteiger partial charge in [0.2, 0.25) is 0 Å². The smallest absolute Gasteiger partial charge is 0.333 e. The summed E-state index contributed by atoms with van der Waals surface area (Å²) in [5.74, 6) is 0. The van der Waals surface area contributed by atoms with E-state index in [2.05, 4.69) is 5.32 Å². The second-order valence-corrected chi connectivity index (χ2v) is 2.02. The molecule has 0 aromatic rings. The number of urea groups is 1. The largest absolute Gasteiger partial charge is 0.350 e. The predicted molar refractivity (Wildman–Crippen MR) is 35.1 cm³/mol. The van der Waals surface area contributed by atoms with E-state index in [4.69, 9.17) is 5.73 Å². The molecule has 2 amide bonds. The minimum absolute atomic E-state index is 0.488. The highest BCUT2D eigenvalue weighted by molar-refractivity contribution is 5.71.